The van der Waals surface area contributed by atoms with E-state index >= 15 is 0 Å². The highest BCUT2D eigenvalue weighted by Crippen LogP contribution is 2.39. The largest absolute Gasteiger partial charge is 0.386 e. The van der Waals surface area contributed by atoms with Crippen molar-refractivity contribution in [2.24, 2.45) is 5.41 Å². The fourth-order valence-corrected chi connectivity index (χ4v) is 3.96. The molecule has 0 saturated heterocycles. The third kappa shape index (κ3) is 5.67. The van der Waals surface area contributed by atoms with Crippen LogP contribution in [0.3, 0.4) is 0 Å². The molecule has 0 fully saturated rings. The number of rotatable bonds is 3. The van der Waals surface area contributed by atoms with Gasteiger partial charge >= 0.3 is 0 Å². The standard InChI is InChI=1S/C19H29ClO2.C2H6/c1-18(2)10-6-12-19(3,14-21-4)11-5-7-15-8-9-16(22-20)13-17(15)18;1-2/h8-9,13H,5-7,10-12,14H2,1-4H3;1-2H3/t19-;/m1./s1. The second kappa shape index (κ2) is 9.68. The molecule has 1 atom stereocenters. The quantitative estimate of drug-likeness (QED) is 0.602. The molecule has 0 saturated carbocycles. The maximum Gasteiger partial charge on any atom is 0.146 e. The molecule has 0 aliphatic heterocycles. The molecular weight excluding hydrogens is 320 g/mol. The number of methoxy groups -OCH3 is 1. The van der Waals surface area contributed by atoms with Crippen molar-refractivity contribution in [3.8, 4) is 5.75 Å². The van der Waals surface area contributed by atoms with Crippen LogP contribution in [-0.4, -0.2) is 13.7 Å². The zero-order chi connectivity index (χ0) is 18.2. The van der Waals surface area contributed by atoms with Gasteiger partial charge in [0.2, 0.25) is 0 Å². The van der Waals surface area contributed by atoms with Crippen molar-refractivity contribution in [1.82, 2.24) is 0 Å². The Kier molecular flexibility index (Phi) is 8.59. The lowest BCUT2D eigenvalue weighted by Crippen LogP contribution is -2.27. The third-order valence-electron chi connectivity index (χ3n) is 5.20. The van der Waals surface area contributed by atoms with Crippen LogP contribution in [0.1, 0.15) is 77.8 Å². The average Bonchev–Trinajstić information content (AvgIpc) is 2.56. The van der Waals surface area contributed by atoms with E-state index in [9.17, 15) is 0 Å². The van der Waals surface area contributed by atoms with Crippen LogP contribution >= 0.6 is 11.9 Å². The summed E-state index contributed by atoms with van der Waals surface area (Å²) in [6, 6.07) is 6.28. The second-order valence-corrected chi connectivity index (χ2v) is 7.89. The summed E-state index contributed by atoms with van der Waals surface area (Å²) < 4.78 is 10.4. The number of aryl methyl sites for hydroxylation is 1. The molecule has 1 aromatic rings. The van der Waals surface area contributed by atoms with E-state index in [1.165, 1.54) is 43.2 Å². The smallest absolute Gasteiger partial charge is 0.146 e. The minimum atomic E-state index is 0.145. The highest BCUT2D eigenvalue weighted by Gasteiger charge is 2.29. The van der Waals surface area contributed by atoms with Crippen molar-refractivity contribution in [3.05, 3.63) is 29.3 Å². The highest BCUT2D eigenvalue weighted by molar-refractivity contribution is 6.09. The van der Waals surface area contributed by atoms with Gasteiger partial charge in [-0.1, -0.05) is 47.1 Å². The fraction of sp³-hybridized carbons (Fsp3) is 0.714. The Morgan fingerprint density at radius 1 is 1.04 bits per heavy atom. The molecule has 0 amide bonds. The zero-order valence-electron chi connectivity index (χ0n) is 16.4. The van der Waals surface area contributed by atoms with Crippen LogP contribution in [0.4, 0.5) is 0 Å². The summed E-state index contributed by atoms with van der Waals surface area (Å²) in [5, 5.41) is 0. The Bertz CT molecular complexity index is 499. The molecule has 3 heteroatoms. The summed E-state index contributed by atoms with van der Waals surface area (Å²) in [5.41, 5.74) is 3.28. The Balaban J connectivity index is 0.00000139. The normalized spacial score (nSPS) is 23.5. The number of halogens is 1. The predicted octanol–water partition coefficient (Wildman–Crippen LogP) is 6.68. The maximum atomic E-state index is 5.55. The monoisotopic (exact) mass is 354 g/mol. The summed E-state index contributed by atoms with van der Waals surface area (Å²) >= 11 is 5.55. The molecule has 0 unspecified atom stereocenters. The van der Waals surface area contributed by atoms with Crippen molar-refractivity contribution in [1.29, 1.82) is 0 Å². The molecule has 1 aliphatic carbocycles. The van der Waals surface area contributed by atoms with Gasteiger partial charge in [-0.05, 0) is 66.2 Å². The molecule has 0 N–H and O–H groups in total. The average molecular weight is 355 g/mol. The van der Waals surface area contributed by atoms with Crippen molar-refractivity contribution in [2.75, 3.05) is 13.7 Å². The third-order valence-corrected chi connectivity index (χ3v) is 5.38. The first kappa shape index (κ1) is 21.3. The molecule has 0 spiro atoms. The lowest BCUT2D eigenvalue weighted by Gasteiger charge is -2.34. The number of benzene rings is 1. The first-order valence-electron chi connectivity index (χ1n) is 9.31. The van der Waals surface area contributed by atoms with Gasteiger partial charge in [0.25, 0.3) is 0 Å². The van der Waals surface area contributed by atoms with E-state index in [-0.39, 0.29) is 5.41 Å². The predicted molar refractivity (Wildman–Crippen MR) is 104 cm³/mol. The molecule has 0 aromatic heterocycles. The van der Waals surface area contributed by atoms with E-state index < -0.39 is 0 Å². The minimum absolute atomic E-state index is 0.145. The SMILES string of the molecule is CC.COC[C@]1(C)CCCc2ccc(OCl)cc2C(C)(C)CCC1. The van der Waals surface area contributed by atoms with Crippen molar-refractivity contribution in [3.63, 3.8) is 0 Å². The van der Waals surface area contributed by atoms with Gasteiger partial charge in [-0.15, -0.1) is 0 Å². The van der Waals surface area contributed by atoms with E-state index in [4.69, 9.17) is 20.9 Å². The van der Waals surface area contributed by atoms with Crippen LogP contribution in [0, 0.1) is 5.41 Å². The molecule has 2 rings (SSSR count). The molecule has 0 bridgehead atoms. The van der Waals surface area contributed by atoms with Crippen molar-refractivity contribution < 1.29 is 9.03 Å². The van der Waals surface area contributed by atoms with Crippen molar-refractivity contribution >= 4 is 11.9 Å². The topological polar surface area (TPSA) is 18.5 Å². The summed E-state index contributed by atoms with van der Waals surface area (Å²) in [7, 11) is 1.82. The highest BCUT2D eigenvalue weighted by atomic mass is 35.5. The van der Waals surface area contributed by atoms with E-state index in [0.29, 0.717) is 5.41 Å². The van der Waals surface area contributed by atoms with Crippen molar-refractivity contribution in [2.45, 2.75) is 78.6 Å². The second-order valence-electron chi connectivity index (χ2n) is 7.73. The van der Waals surface area contributed by atoms with Crippen LogP contribution in [0.2, 0.25) is 0 Å². The molecule has 1 aromatic carbocycles. The van der Waals surface area contributed by atoms with Crippen LogP contribution in [-0.2, 0) is 16.6 Å². The number of fused-ring (bicyclic) bond motifs is 1. The fourth-order valence-electron chi connectivity index (χ4n) is 3.87. The van der Waals surface area contributed by atoms with Gasteiger partial charge in [0.1, 0.15) is 17.6 Å². The van der Waals surface area contributed by atoms with E-state index in [1.54, 1.807) is 0 Å². The van der Waals surface area contributed by atoms with Gasteiger partial charge in [-0.25, -0.2) is 0 Å². The summed E-state index contributed by atoms with van der Waals surface area (Å²) in [5.74, 6) is 0.745. The molecule has 24 heavy (non-hydrogen) atoms. The van der Waals surface area contributed by atoms with E-state index in [1.807, 2.05) is 27.0 Å². The van der Waals surface area contributed by atoms with E-state index in [0.717, 1.165) is 18.8 Å². The first-order valence-corrected chi connectivity index (χ1v) is 9.62. The molecule has 1 aliphatic rings. The molecular formula is C21H35ClO2. The van der Waals surface area contributed by atoms with E-state index in [2.05, 4.69) is 32.9 Å². The van der Waals surface area contributed by atoms with Crippen LogP contribution < -0.4 is 4.29 Å². The van der Waals surface area contributed by atoms with Gasteiger partial charge in [0.05, 0.1) is 6.61 Å². The lowest BCUT2D eigenvalue weighted by atomic mass is 9.72. The van der Waals surface area contributed by atoms with Gasteiger partial charge in [-0.3, -0.25) is 0 Å². The van der Waals surface area contributed by atoms with Gasteiger partial charge in [0.15, 0.2) is 0 Å². The first-order chi connectivity index (χ1) is 11.4. The molecule has 2 nitrogen and oxygen atoms in total. The van der Waals surface area contributed by atoms with Gasteiger partial charge in [-0.2, -0.15) is 0 Å². The summed E-state index contributed by atoms with van der Waals surface area (Å²) in [6.07, 6.45) is 7.15. The van der Waals surface area contributed by atoms with Crippen LogP contribution in [0.15, 0.2) is 18.2 Å². The Labute approximate surface area is 154 Å². The Morgan fingerprint density at radius 2 is 1.71 bits per heavy atom. The minimum Gasteiger partial charge on any atom is -0.386 e. The molecule has 0 radical (unpaired) electrons. The molecule has 0 heterocycles. The van der Waals surface area contributed by atoms with Gasteiger partial charge in [0, 0.05) is 7.11 Å². The van der Waals surface area contributed by atoms with Crippen LogP contribution in [0.5, 0.6) is 5.75 Å². The lowest BCUT2D eigenvalue weighted by molar-refractivity contribution is 0.0732. The number of hydrogen-bond acceptors (Lipinski definition) is 2. The maximum absolute atomic E-state index is 5.55. The summed E-state index contributed by atoms with van der Waals surface area (Å²) in [4.78, 5) is 0. The Hall–Kier alpha value is -0.730. The zero-order valence-corrected chi connectivity index (χ0v) is 17.1. The summed E-state index contributed by atoms with van der Waals surface area (Å²) in [6.45, 7) is 11.9. The molecule has 138 valence electrons. The number of ether oxygens (including phenoxy) is 1. The Morgan fingerprint density at radius 3 is 2.33 bits per heavy atom. The van der Waals surface area contributed by atoms with Gasteiger partial charge < -0.3 is 9.03 Å². The van der Waals surface area contributed by atoms with Crippen LogP contribution in [0.25, 0.3) is 0 Å². The number of hydrogen-bond donors (Lipinski definition) is 0.